The fourth-order valence-electron chi connectivity index (χ4n) is 1.71. The molecule has 0 aromatic carbocycles. The Morgan fingerprint density at radius 2 is 1.88 bits per heavy atom. The van der Waals surface area contributed by atoms with Crippen LogP contribution < -0.4 is 0 Å². The lowest BCUT2D eigenvalue weighted by atomic mass is 10.0. The highest BCUT2D eigenvalue weighted by Crippen LogP contribution is 2.34. The van der Waals surface area contributed by atoms with Crippen LogP contribution in [0.15, 0.2) is 0 Å². The molecule has 16 heavy (non-hydrogen) atoms. The van der Waals surface area contributed by atoms with Crippen LogP contribution in [-0.4, -0.2) is 36.4 Å². The SMILES string of the molecule is CC(=O)COC1(C)OCC(C)(CC(C)=O)O1. The van der Waals surface area contributed by atoms with E-state index < -0.39 is 11.6 Å². The predicted octanol–water partition coefficient (Wildman–Crippen LogP) is 1.05. The summed E-state index contributed by atoms with van der Waals surface area (Å²) in [6.07, 6.45) is 0.270. The smallest absolute Gasteiger partial charge is 0.281 e. The summed E-state index contributed by atoms with van der Waals surface area (Å²) in [5, 5.41) is 0. The molecule has 0 N–H and O–H groups in total. The number of Topliss-reactive ketones (excluding diaryl/α,β-unsaturated/α-hetero) is 2. The van der Waals surface area contributed by atoms with E-state index in [9.17, 15) is 9.59 Å². The minimum Gasteiger partial charge on any atom is -0.325 e. The van der Waals surface area contributed by atoms with E-state index in [1.54, 1.807) is 13.8 Å². The third kappa shape index (κ3) is 3.66. The summed E-state index contributed by atoms with van der Waals surface area (Å²) in [6, 6.07) is 0. The van der Waals surface area contributed by atoms with E-state index in [1.165, 1.54) is 13.8 Å². The lowest BCUT2D eigenvalue weighted by Crippen LogP contribution is -2.36. The minimum atomic E-state index is -1.23. The summed E-state index contributed by atoms with van der Waals surface area (Å²) >= 11 is 0. The number of hydrogen-bond acceptors (Lipinski definition) is 5. The molecule has 0 saturated carbocycles. The Kier molecular flexibility index (Phi) is 3.83. The van der Waals surface area contributed by atoms with Crippen molar-refractivity contribution in [3.8, 4) is 0 Å². The molecule has 0 aromatic rings. The van der Waals surface area contributed by atoms with Gasteiger partial charge in [-0.2, -0.15) is 0 Å². The maximum Gasteiger partial charge on any atom is 0.281 e. The molecular formula is C11H18O5. The molecule has 1 rings (SSSR count). The van der Waals surface area contributed by atoms with E-state index in [2.05, 4.69) is 0 Å². The van der Waals surface area contributed by atoms with Crippen molar-refractivity contribution in [3.63, 3.8) is 0 Å². The third-order valence-corrected chi connectivity index (χ3v) is 2.23. The van der Waals surface area contributed by atoms with Crippen LogP contribution in [0.25, 0.3) is 0 Å². The van der Waals surface area contributed by atoms with Gasteiger partial charge in [0.1, 0.15) is 18.0 Å². The standard InChI is InChI=1S/C11H18O5/c1-8(12)5-10(3)7-15-11(4,16-10)14-6-9(2)13/h5-7H2,1-4H3. The van der Waals surface area contributed by atoms with E-state index in [1.807, 2.05) is 0 Å². The Bertz CT molecular complexity index is 301. The summed E-state index contributed by atoms with van der Waals surface area (Å²) in [5.74, 6) is -1.30. The summed E-state index contributed by atoms with van der Waals surface area (Å²) < 4.78 is 16.2. The number of ether oxygens (including phenoxy) is 3. The van der Waals surface area contributed by atoms with Crippen LogP contribution >= 0.6 is 0 Å². The van der Waals surface area contributed by atoms with Gasteiger partial charge in [-0.1, -0.05) is 0 Å². The number of hydrogen-bond donors (Lipinski definition) is 0. The van der Waals surface area contributed by atoms with Gasteiger partial charge in [-0.3, -0.25) is 9.59 Å². The molecule has 1 saturated heterocycles. The monoisotopic (exact) mass is 230 g/mol. The van der Waals surface area contributed by atoms with E-state index in [0.717, 1.165) is 0 Å². The molecule has 1 fully saturated rings. The number of ketones is 2. The number of rotatable bonds is 5. The first-order valence-electron chi connectivity index (χ1n) is 5.22. The molecule has 0 bridgehead atoms. The Balaban J connectivity index is 2.55. The van der Waals surface area contributed by atoms with Gasteiger partial charge in [0.2, 0.25) is 0 Å². The second-order valence-electron chi connectivity index (χ2n) is 4.57. The molecule has 0 spiro atoms. The topological polar surface area (TPSA) is 61.8 Å². The second-order valence-corrected chi connectivity index (χ2v) is 4.57. The molecular weight excluding hydrogens is 212 g/mol. The zero-order valence-electron chi connectivity index (χ0n) is 10.2. The molecule has 0 amide bonds. The maximum atomic E-state index is 11.1. The van der Waals surface area contributed by atoms with Crippen LogP contribution in [0, 0.1) is 0 Å². The van der Waals surface area contributed by atoms with Crippen molar-refractivity contribution in [3.05, 3.63) is 0 Å². The van der Waals surface area contributed by atoms with Gasteiger partial charge in [-0.15, -0.1) is 0 Å². The molecule has 0 aliphatic carbocycles. The Hall–Kier alpha value is -0.780. The molecule has 2 atom stereocenters. The minimum absolute atomic E-state index is 0.0296. The van der Waals surface area contributed by atoms with Crippen LogP contribution in [0.2, 0.25) is 0 Å². The van der Waals surface area contributed by atoms with Crippen LogP contribution in [0.5, 0.6) is 0 Å². The van der Waals surface area contributed by atoms with Gasteiger partial charge in [0.15, 0.2) is 5.78 Å². The van der Waals surface area contributed by atoms with Crippen molar-refractivity contribution in [2.75, 3.05) is 13.2 Å². The summed E-state index contributed by atoms with van der Waals surface area (Å²) in [7, 11) is 0. The van der Waals surface area contributed by atoms with Crippen molar-refractivity contribution in [2.24, 2.45) is 0 Å². The predicted molar refractivity (Wildman–Crippen MR) is 55.8 cm³/mol. The quantitative estimate of drug-likeness (QED) is 0.706. The first-order chi connectivity index (χ1) is 7.25. The summed E-state index contributed by atoms with van der Waals surface area (Å²) in [5.41, 5.74) is -0.669. The third-order valence-electron chi connectivity index (χ3n) is 2.23. The van der Waals surface area contributed by atoms with Gasteiger partial charge in [0.05, 0.1) is 6.61 Å². The highest BCUT2D eigenvalue weighted by Gasteiger charge is 2.46. The average molecular weight is 230 g/mol. The van der Waals surface area contributed by atoms with Crippen molar-refractivity contribution in [1.82, 2.24) is 0 Å². The Morgan fingerprint density at radius 3 is 2.38 bits per heavy atom. The van der Waals surface area contributed by atoms with Crippen molar-refractivity contribution in [2.45, 2.75) is 45.7 Å². The highest BCUT2D eigenvalue weighted by molar-refractivity contribution is 5.77. The van der Waals surface area contributed by atoms with E-state index in [-0.39, 0.29) is 31.2 Å². The normalized spacial score (nSPS) is 34.0. The van der Waals surface area contributed by atoms with Gasteiger partial charge < -0.3 is 14.2 Å². The average Bonchev–Trinajstić information content (AvgIpc) is 2.39. The fourth-order valence-corrected chi connectivity index (χ4v) is 1.71. The van der Waals surface area contributed by atoms with Gasteiger partial charge in [-0.25, -0.2) is 0 Å². The van der Waals surface area contributed by atoms with Gasteiger partial charge in [-0.05, 0) is 20.8 Å². The van der Waals surface area contributed by atoms with Crippen molar-refractivity contribution < 1.29 is 23.8 Å². The molecule has 1 aliphatic rings. The number of carbonyl (C=O) groups excluding carboxylic acids is 2. The van der Waals surface area contributed by atoms with Crippen molar-refractivity contribution >= 4 is 11.6 Å². The number of carbonyl (C=O) groups is 2. The van der Waals surface area contributed by atoms with E-state index in [0.29, 0.717) is 0 Å². The molecule has 5 heteroatoms. The van der Waals surface area contributed by atoms with Crippen LogP contribution in [0.1, 0.15) is 34.1 Å². The molecule has 0 radical (unpaired) electrons. The van der Waals surface area contributed by atoms with E-state index in [4.69, 9.17) is 14.2 Å². The van der Waals surface area contributed by atoms with Crippen LogP contribution in [0.3, 0.4) is 0 Å². The van der Waals surface area contributed by atoms with Gasteiger partial charge in [0.25, 0.3) is 5.97 Å². The summed E-state index contributed by atoms with van der Waals surface area (Å²) in [4.78, 5) is 21.8. The lowest BCUT2D eigenvalue weighted by molar-refractivity contribution is -0.329. The molecule has 1 aliphatic heterocycles. The Morgan fingerprint density at radius 1 is 1.25 bits per heavy atom. The van der Waals surface area contributed by atoms with Crippen LogP contribution in [0.4, 0.5) is 0 Å². The zero-order chi connectivity index (χ0) is 12.4. The second kappa shape index (κ2) is 4.61. The first-order valence-corrected chi connectivity index (χ1v) is 5.22. The molecule has 2 unspecified atom stereocenters. The molecule has 0 aromatic heterocycles. The maximum absolute atomic E-state index is 11.1. The lowest BCUT2D eigenvalue weighted by Gasteiger charge is -2.26. The fraction of sp³-hybridized carbons (Fsp3) is 0.818. The molecule has 1 heterocycles. The molecule has 92 valence electrons. The van der Waals surface area contributed by atoms with Gasteiger partial charge in [0, 0.05) is 13.3 Å². The summed E-state index contributed by atoms with van der Waals surface area (Å²) in [6.45, 7) is 6.53. The first kappa shape index (κ1) is 13.3. The highest BCUT2D eigenvalue weighted by atomic mass is 16.9. The zero-order valence-corrected chi connectivity index (χ0v) is 10.2. The van der Waals surface area contributed by atoms with Crippen LogP contribution in [-0.2, 0) is 23.8 Å². The van der Waals surface area contributed by atoms with Gasteiger partial charge >= 0.3 is 0 Å². The largest absolute Gasteiger partial charge is 0.325 e. The molecule has 5 nitrogen and oxygen atoms in total. The van der Waals surface area contributed by atoms with E-state index >= 15 is 0 Å². The Labute approximate surface area is 95.0 Å². The van der Waals surface area contributed by atoms with Crippen molar-refractivity contribution in [1.29, 1.82) is 0 Å².